The van der Waals surface area contributed by atoms with Crippen molar-refractivity contribution in [2.75, 3.05) is 20.6 Å². The number of piperidine rings is 1. The van der Waals surface area contributed by atoms with Gasteiger partial charge in [0.15, 0.2) is 0 Å². The summed E-state index contributed by atoms with van der Waals surface area (Å²) in [6, 6.07) is 0. The minimum absolute atomic E-state index is 0.127. The van der Waals surface area contributed by atoms with Crippen LogP contribution in [0, 0.1) is 0 Å². The highest BCUT2D eigenvalue weighted by atomic mass is 31.2. The molecule has 2 heterocycles. The van der Waals surface area contributed by atoms with Crippen molar-refractivity contribution >= 4 is 7.82 Å². The Kier molecular flexibility index (Phi) is 10.7. The molecule has 5 nitrogen and oxygen atoms in total. The first-order valence-corrected chi connectivity index (χ1v) is 13.8. The predicted molar refractivity (Wildman–Crippen MR) is 120 cm³/mol. The van der Waals surface area contributed by atoms with Gasteiger partial charge in [0.1, 0.15) is 0 Å². The molecule has 1 N–H and O–H groups in total. The van der Waals surface area contributed by atoms with Crippen LogP contribution in [-0.4, -0.2) is 41.8 Å². The molecule has 2 aliphatic heterocycles. The average Bonchev–Trinajstić information content (AvgIpc) is 2.64. The molecule has 0 aromatic rings. The average molecular weight is 433 g/mol. The highest BCUT2D eigenvalue weighted by molar-refractivity contribution is 7.47. The number of hydrogen-bond donors (Lipinski definition) is 1. The van der Waals surface area contributed by atoms with Crippen molar-refractivity contribution < 1.29 is 23.0 Å². The summed E-state index contributed by atoms with van der Waals surface area (Å²) < 4.78 is 23.8. The normalized spacial score (nSPS) is 31.1. The van der Waals surface area contributed by atoms with Gasteiger partial charge in [-0.25, -0.2) is 9.09 Å². The van der Waals surface area contributed by atoms with Gasteiger partial charge >= 0.3 is 7.82 Å². The molecule has 0 spiro atoms. The molecule has 2 fully saturated rings. The lowest BCUT2D eigenvalue weighted by Crippen LogP contribution is -2.67. The largest absolute Gasteiger partial charge is 0.477 e. The van der Waals surface area contributed by atoms with Crippen LogP contribution in [0.4, 0.5) is 0 Å². The third-order valence-corrected chi connectivity index (χ3v) is 8.28. The van der Waals surface area contributed by atoms with E-state index in [1.807, 2.05) is 0 Å². The zero-order chi connectivity index (χ0) is 21.2. The Morgan fingerprint density at radius 2 is 1.38 bits per heavy atom. The molecule has 29 heavy (non-hydrogen) atoms. The predicted octanol–water partition coefficient (Wildman–Crippen LogP) is 6.94. The maximum absolute atomic E-state index is 12.2. The third-order valence-electron chi connectivity index (χ3n) is 7.15. The van der Waals surface area contributed by atoms with Crippen molar-refractivity contribution in [3.8, 4) is 0 Å². The molecule has 6 heteroatoms. The van der Waals surface area contributed by atoms with Gasteiger partial charge in [-0.15, -0.1) is 0 Å². The number of hydrogen-bond acceptors (Lipinski definition) is 3. The van der Waals surface area contributed by atoms with Gasteiger partial charge in [0.05, 0.1) is 33.2 Å². The molecule has 0 saturated carbocycles. The van der Waals surface area contributed by atoms with E-state index in [0.717, 1.165) is 32.2 Å². The lowest BCUT2D eigenvalue weighted by atomic mass is 9.89. The fraction of sp³-hybridized carbons (Fsp3) is 1.00. The summed E-state index contributed by atoms with van der Waals surface area (Å²) in [7, 11) is 0.347. The zero-order valence-electron chi connectivity index (χ0n) is 19.4. The smallest absolute Gasteiger partial charge is 0.302 e. The van der Waals surface area contributed by atoms with Crippen LogP contribution < -0.4 is 0 Å². The molecule has 2 rings (SSSR count). The number of unbranched alkanes of at least 4 members (excludes halogenated alkanes) is 13. The number of nitrogens with zero attached hydrogens (tertiary/aromatic N) is 1. The van der Waals surface area contributed by atoms with E-state index in [0.29, 0.717) is 4.48 Å². The Balaban J connectivity index is 1.53. The van der Waals surface area contributed by atoms with E-state index in [2.05, 4.69) is 21.0 Å². The second-order valence-electron chi connectivity index (χ2n) is 9.98. The first-order valence-electron chi connectivity index (χ1n) is 12.4. The van der Waals surface area contributed by atoms with Gasteiger partial charge in [0.25, 0.3) is 0 Å². The van der Waals surface area contributed by atoms with Gasteiger partial charge in [-0.3, -0.25) is 4.52 Å². The van der Waals surface area contributed by atoms with Crippen molar-refractivity contribution in [2.45, 2.75) is 128 Å². The molecular formula is C23H47NO4P+. The molecule has 0 aliphatic carbocycles. The van der Waals surface area contributed by atoms with E-state index in [-0.39, 0.29) is 6.10 Å². The monoisotopic (exact) mass is 432 g/mol. The van der Waals surface area contributed by atoms with Crippen LogP contribution in [0.1, 0.15) is 116 Å². The van der Waals surface area contributed by atoms with Gasteiger partial charge in [0, 0.05) is 12.8 Å². The number of rotatable bonds is 15. The SMILES string of the molecule is CCCCCCCCCCCCCCCCC12CC(CC[N+]1(C)C)OP(=O)(O)O2. The number of fused-ring (bicyclic) bond motifs is 2. The lowest BCUT2D eigenvalue weighted by Gasteiger charge is -2.55. The minimum atomic E-state index is -3.91. The highest BCUT2D eigenvalue weighted by Crippen LogP contribution is 2.59. The van der Waals surface area contributed by atoms with Crippen molar-refractivity contribution in [2.24, 2.45) is 0 Å². The van der Waals surface area contributed by atoms with Crippen LogP contribution in [0.25, 0.3) is 0 Å². The maximum atomic E-state index is 12.2. The molecule has 0 amide bonds. The van der Waals surface area contributed by atoms with Crippen LogP contribution in [0.2, 0.25) is 0 Å². The van der Waals surface area contributed by atoms with E-state index >= 15 is 0 Å². The summed E-state index contributed by atoms with van der Waals surface area (Å²) in [5.74, 6) is 0. The quantitative estimate of drug-likeness (QED) is 0.173. The van der Waals surface area contributed by atoms with Gasteiger partial charge < -0.3 is 9.38 Å². The fourth-order valence-electron chi connectivity index (χ4n) is 5.08. The molecule has 2 bridgehead atoms. The van der Waals surface area contributed by atoms with Crippen LogP contribution in [0.15, 0.2) is 0 Å². The first-order chi connectivity index (χ1) is 13.8. The fourth-order valence-corrected chi connectivity index (χ4v) is 6.50. The Morgan fingerprint density at radius 1 is 0.897 bits per heavy atom. The summed E-state index contributed by atoms with van der Waals surface area (Å²) in [4.78, 5) is 9.99. The molecule has 2 aliphatic rings. The molecule has 172 valence electrons. The van der Waals surface area contributed by atoms with E-state index < -0.39 is 13.5 Å². The van der Waals surface area contributed by atoms with E-state index in [4.69, 9.17) is 9.05 Å². The van der Waals surface area contributed by atoms with E-state index in [1.54, 1.807) is 0 Å². The summed E-state index contributed by atoms with van der Waals surface area (Å²) in [5, 5.41) is 0. The van der Waals surface area contributed by atoms with Crippen LogP contribution in [0.3, 0.4) is 0 Å². The van der Waals surface area contributed by atoms with E-state index in [1.165, 1.54) is 83.5 Å². The Bertz CT molecular complexity index is 513. The lowest BCUT2D eigenvalue weighted by molar-refractivity contribution is -0.972. The van der Waals surface area contributed by atoms with Crippen molar-refractivity contribution in [3.05, 3.63) is 0 Å². The summed E-state index contributed by atoms with van der Waals surface area (Å²) in [6.45, 7) is 3.21. The standard InChI is InChI=1S/C23H46NO4P/c1-4-5-6-7-8-9-10-11-12-13-14-15-16-17-19-23-21-22(18-20-24(23,2)3)27-29(25,26)28-23/h22H,4-21H2,1-3H3/p+1. The number of phosphoric ester groups is 1. The van der Waals surface area contributed by atoms with Gasteiger partial charge in [-0.05, 0) is 6.42 Å². The number of phosphoric acid groups is 1. The van der Waals surface area contributed by atoms with Crippen LogP contribution in [-0.2, 0) is 13.6 Å². The molecule has 0 radical (unpaired) electrons. The zero-order valence-corrected chi connectivity index (χ0v) is 20.3. The molecule has 3 atom stereocenters. The van der Waals surface area contributed by atoms with Gasteiger partial charge in [-0.2, -0.15) is 0 Å². The Labute approximate surface area is 179 Å². The second kappa shape index (κ2) is 12.2. The van der Waals surface area contributed by atoms with Crippen molar-refractivity contribution in [3.63, 3.8) is 0 Å². The van der Waals surface area contributed by atoms with Crippen molar-refractivity contribution in [1.29, 1.82) is 0 Å². The molecule has 0 aromatic heterocycles. The summed E-state index contributed by atoms with van der Waals surface area (Å²) >= 11 is 0. The molecular weight excluding hydrogens is 385 g/mol. The van der Waals surface area contributed by atoms with Crippen LogP contribution in [0.5, 0.6) is 0 Å². The second-order valence-corrected chi connectivity index (χ2v) is 11.3. The Morgan fingerprint density at radius 3 is 1.90 bits per heavy atom. The van der Waals surface area contributed by atoms with E-state index in [9.17, 15) is 9.46 Å². The first kappa shape index (κ1) is 25.3. The minimum Gasteiger partial charge on any atom is -0.302 e. The van der Waals surface area contributed by atoms with Crippen molar-refractivity contribution in [1.82, 2.24) is 0 Å². The highest BCUT2D eigenvalue weighted by Gasteiger charge is 2.59. The molecule has 3 unspecified atom stereocenters. The molecule has 2 saturated heterocycles. The van der Waals surface area contributed by atoms with Gasteiger partial charge in [0.2, 0.25) is 5.72 Å². The van der Waals surface area contributed by atoms with Gasteiger partial charge in [-0.1, -0.05) is 90.4 Å². The number of likely N-dealkylation sites (tertiary alicyclic amines) is 1. The molecule has 0 aromatic carbocycles. The Hall–Kier alpha value is 0.0700. The maximum Gasteiger partial charge on any atom is 0.477 e. The topological polar surface area (TPSA) is 55.8 Å². The van der Waals surface area contributed by atoms with Crippen LogP contribution >= 0.6 is 7.82 Å². The summed E-state index contributed by atoms with van der Waals surface area (Å²) in [6.07, 6.45) is 21.1. The third kappa shape index (κ3) is 8.26. The summed E-state index contributed by atoms with van der Waals surface area (Å²) in [5.41, 5.74) is -0.553. The number of quaternary nitrogens is 1.